The summed E-state index contributed by atoms with van der Waals surface area (Å²) in [5.41, 5.74) is -0.384. The van der Waals surface area contributed by atoms with Crippen LogP contribution in [-0.4, -0.2) is 43.0 Å². The second-order valence-corrected chi connectivity index (χ2v) is 5.94. The first kappa shape index (κ1) is 15.8. The van der Waals surface area contributed by atoms with Crippen molar-refractivity contribution in [3.05, 3.63) is 29.8 Å². The number of aliphatic hydroxyl groups is 1. The molecule has 0 saturated carbocycles. The summed E-state index contributed by atoms with van der Waals surface area (Å²) >= 11 is 0. The SMILES string of the molecule is CC(C)COc1ccc(C(=O)NCC2(O)CCOC2)cc1. The zero-order chi connectivity index (χ0) is 15.3. The standard InChI is InChI=1S/C16H23NO4/c1-12(2)9-21-14-5-3-13(4-6-14)15(18)17-10-16(19)7-8-20-11-16/h3-6,12,19H,7-11H2,1-2H3,(H,17,18). The second-order valence-electron chi connectivity index (χ2n) is 5.94. The maximum absolute atomic E-state index is 12.0. The number of carbonyl (C=O) groups is 1. The third kappa shape index (κ3) is 4.72. The second kappa shape index (κ2) is 6.91. The van der Waals surface area contributed by atoms with Crippen molar-refractivity contribution in [1.82, 2.24) is 5.32 Å². The van der Waals surface area contributed by atoms with Crippen LogP contribution in [-0.2, 0) is 4.74 Å². The Hall–Kier alpha value is -1.59. The third-order valence-electron chi connectivity index (χ3n) is 3.36. The molecule has 0 radical (unpaired) electrons. The highest BCUT2D eigenvalue weighted by molar-refractivity contribution is 5.94. The number of carbonyl (C=O) groups excluding carboxylic acids is 1. The van der Waals surface area contributed by atoms with Crippen molar-refractivity contribution in [3.63, 3.8) is 0 Å². The zero-order valence-corrected chi connectivity index (χ0v) is 12.6. The van der Waals surface area contributed by atoms with Gasteiger partial charge in [-0.1, -0.05) is 13.8 Å². The summed E-state index contributed by atoms with van der Waals surface area (Å²) in [7, 11) is 0. The fraction of sp³-hybridized carbons (Fsp3) is 0.562. The summed E-state index contributed by atoms with van der Waals surface area (Å²) in [5, 5.41) is 12.8. The van der Waals surface area contributed by atoms with Crippen LogP contribution in [0.25, 0.3) is 0 Å². The number of hydrogen-bond donors (Lipinski definition) is 2. The molecule has 1 saturated heterocycles. The number of nitrogens with one attached hydrogen (secondary N) is 1. The molecule has 5 heteroatoms. The van der Waals surface area contributed by atoms with Gasteiger partial charge < -0.3 is 19.9 Å². The number of rotatable bonds is 6. The van der Waals surface area contributed by atoms with Gasteiger partial charge >= 0.3 is 0 Å². The Morgan fingerprint density at radius 2 is 2.14 bits per heavy atom. The van der Waals surface area contributed by atoms with Gasteiger partial charge in [-0.2, -0.15) is 0 Å². The molecule has 1 aromatic carbocycles. The van der Waals surface area contributed by atoms with Crippen LogP contribution in [0.4, 0.5) is 0 Å². The molecule has 1 aromatic rings. The maximum Gasteiger partial charge on any atom is 0.251 e. The van der Waals surface area contributed by atoms with Crippen LogP contribution in [0.5, 0.6) is 5.75 Å². The van der Waals surface area contributed by atoms with E-state index in [1.807, 2.05) is 0 Å². The highest BCUT2D eigenvalue weighted by Gasteiger charge is 2.32. The van der Waals surface area contributed by atoms with E-state index in [4.69, 9.17) is 9.47 Å². The minimum atomic E-state index is -0.935. The van der Waals surface area contributed by atoms with Gasteiger partial charge in [0.2, 0.25) is 0 Å². The Morgan fingerprint density at radius 3 is 2.71 bits per heavy atom. The maximum atomic E-state index is 12.0. The molecule has 1 heterocycles. The van der Waals surface area contributed by atoms with E-state index in [2.05, 4.69) is 19.2 Å². The zero-order valence-electron chi connectivity index (χ0n) is 12.6. The third-order valence-corrected chi connectivity index (χ3v) is 3.36. The minimum absolute atomic E-state index is 0.203. The molecule has 0 bridgehead atoms. The average Bonchev–Trinajstić information content (AvgIpc) is 2.90. The smallest absolute Gasteiger partial charge is 0.251 e. The fourth-order valence-electron chi connectivity index (χ4n) is 2.05. The fourth-order valence-corrected chi connectivity index (χ4v) is 2.05. The van der Waals surface area contributed by atoms with Crippen LogP contribution < -0.4 is 10.1 Å². The first-order chi connectivity index (χ1) is 9.98. The summed E-state index contributed by atoms with van der Waals surface area (Å²) < 4.78 is 10.7. The van der Waals surface area contributed by atoms with Gasteiger partial charge in [0.25, 0.3) is 5.91 Å². The van der Waals surface area contributed by atoms with Crippen LogP contribution in [0.1, 0.15) is 30.6 Å². The molecular formula is C16H23NO4. The monoisotopic (exact) mass is 293 g/mol. The van der Waals surface area contributed by atoms with E-state index in [0.29, 0.717) is 31.1 Å². The Labute approximate surface area is 125 Å². The summed E-state index contributed by atoms with van der Waals surface area (Å²) in [5.74, 6) is 1.01. The quantitative estimate of drug-likeness (QED) is 0.836. The van der Waals surface area contributed by atoms with E-state index >= 15 is 0 Å². The van der Waals surface area contributed by atoms with Crippen molar-refractivity contribution in [2.75, 3.05) is 26.4 Å². The number of ether oxygens (including phenoxy) is 2. The highest BCUT2D eigenvalue weighted by Crippen LogP contribution is 2.17. The summed E-state index contributed by atoms with van der Waals surface area (Å²) in [4.78, 5) is 12.0. The van der Waals surface area contributed by atoms with Crippen LogP contribution >= 0.6 is 0 Å². The number of amides is 1. The molecule has 1 unspecified atom stereocenters. The van der Waals surface area contributed by atoms with E-state index in [0.717, 1.165) is 5.75 Å². The van der Waals surface area contributed by atoms with Crippen LogP contribution in [0.15, 0.2) is 24.3 Å². The molecule has 1 atom stereocenters. The summed E-state index contributed by atoms with van der Waals surface area (Å²) in [6.07, 6.45) is 0.551. The van der Waals surface area contributed by atoms with E-state index in [9.17, 15) is 9.90 Å². The van der Waals surface area contributed by atoms with Crippen LogP contribution in [0, 0.1) is 5.92 Å². The lowest BCUT2D eigenvalue weighted by Crippen LogP contribution is -2.43. The van der Waals surface area contributed by atoms with E-state index < -0.39 is 5.60 Å². The van der Waals surface area contributed by atoms with Crippen molar-refractivity contribution < 1.29 is 19.4 Å². The van der Waals surface area contributed by atoms with Gasteiger partial charge in [0, 0.05) is 25.1 Å². The topological polar surface area (TPSA) is 67.8 Å². The van der Waals surface area contributed by atoms with Crippen LogP contribution in [0.3, 0.4) is 0 Å². The minimum Gasteiger partial charge on any atom is -0.493 e. The van der Waals surface area contributed by atoms with Gasteiger partial charge in [-0.05, 0) is 30.2 Å². The largest absolute Gasteiger partial charge is 0.493 e. The molecule has 0 aliphatic carbocycles. The normalized spacial score (nSPS) is 21.5. The Balaban J connectivity index is 1.84. The Morgan fingerprint density at radius 1 is 1.43 bits per heavy atom. The van der Waals surface area contributed by atoms with Crippen molar-refractivity contribution in [3.8, 4) is 5.75 Å². The first-order valence-electron chi connectivity index (χ1n) is 7.30. The molecule has 116 valence electrons. The first-order valence-corrected chi connectivity index (χ1v) is 7.30. The molecule has 1 amide bonds. The van der Waals surface area contributed by atoms with Crippen molar-refractivity contribution in [1.29, 1.82) is 0 Å². The lowest BCUT2D eigenvalue weighted by atomic mass is 10.0. The lowest BCUT2D eigenvalue weighted by molar-refractivity contribution is 0.0264. The van der Waals surface area contributed by atoms with Gasteiger partial charge in [-0.25, -0.2) is 0 Å². The van der Waals surface area contributed by atoms with Crippen molar-refractivity contribution >= 4 is 5.91 Å². The van der Waals surface area contributed by atoms with Gasteiger partial charge in [0.1, 0.15) is 11.4 Å². The molecule has 0 spiro atoms. The van der Waals surface area contributed by atoms with Crippen molar-refractivity contribution in [2.45, 2.75) is 25.9 Å². The van der Waals surface area contributed by atoms with Gasteiger partial charge in [-0.15, -0.1) is 0 Å². The summed E-state index contributed by atoms with van der Waals surface area (Å²) in [6, 6.07) is 7.01. The molecule has 1 fully saturated rings. The Bertz CT molecular complexity index is 464. The molecule has 1 aliphatic rings. The molecule has 0 aromatic heterocycles. The molecule has 5 nitrogen and oxygen atoms in total. The Kier molecular flexibility index (Phi) is 5.20. The predicted octanol–water partition coefficient (Wildman–Crippen LogP) is 1.60. The van der Waals surface area contributed by atoms with Crippen LogP contribution in [0.2, 0.25) is 0 Å². The molecule has 2 rings (SSSR count). The van der Waals surface area contributed by atoms with E-state index in [1.54, 1.807) is 24.3 Å². The molecular weight excluding hydrogens is 270 g/mol. The highest BCUT2D eigenvalue weighted by atomic mass is 16.5. The summed E-state index contributed by atoms with van der Waals surface area (Å²) in [6.45, 7) is 5.83. The number of benzene rings is 1. The van der Waals surface area contributed by atoms with E-state index in [1.165, 1.54) is 0 Å². The van der Waals surface area contributed by atoms with Crippen molar-refractivity contribution in [2.24, 2.45) is 5.92 Å². The molecule has 21 heavy (non-hydrogen) atoms. The number of hydrogen-bond acceptors (Lipinski definition) is 4. The predicted molar refractivity (Wildman–Crippen MR) is 79.5 cm³/mol. The van der Waals surface area contributed by atoms with Gasteiger partial charge in [0.15, 0.2) is 0 Å². The molecule has 1 aliphatic heterocycles. The molecule has 2 N–H and O–H groups in total. The van der Waals surface area contributed by atoms with Gasteiger partial charge in [-0.3, -0.25) is 4.79 Å². The average molecular weight is 293 g/mol. The van der Waals surface area contributed by atoms with Gasteiger partial charge in [0.05, 0.1) is 13.2 Å². The van der Waals surface area contributed by atoms with E-state index in [-0.39, 0.29) is 19.1 Å². The lowest BCUT2D eigenvalue weighted by Gasteiger charge is -2.20.